The molecule has 0 N–H and O–H groups in total. The molecular weight excluding hydrogens is 1690 g/mol. The number of esters is 2. The lowest BCUT2D eigenvalue weighted by molar-refractivity contribution is -0.884. The molecule has 0 radical (unpaired) electrons. The smallest absolute Gasteiger partial charge is 0.344 e. The van der Waals surface area contributed by atoms with Gasteiger partial charge >= 0.3 is 22.4 Å². The van der Waals surface area contributed by atoms with Crippen molar-refractivity contribution in [3.63, 3.8) is 0 Å². The van der Waals surface area contributed by atoms with Crippen molar-refractivity contribution in [1.82, 2.24) is 0 Å². The van der Waals surface area contributed by atoms with E-state index in [1.165, 1.54) is 47.8 Å². The number of rotatable bonds is 22. The van der Waals surface area contributed by atoms with E-state index < -0.39 is 55.4 Å². The Morgan fingerprint density at radius 3 is 0.889 bits per heavy atom. The first kappa shape index (κ1) is 95.6. The van der Waals surface area contributed by atoms with Crippen LogP contribution in [0.3, 0.4) is 0 Å². The van der Waals surface area contributed by atoms with Gasteiger partial charge in [-0.3, -0.25) is 0 Å². The molecule has 0 spiro atoms. The Hall–Kier alpha value is -9.55. The van der Waals surface area contributed by atoms with Gasteiger partial charge in [0.2, 0.25) is 0 Å². The van der Waals surface area contributed by atoms with Gasteiger partial charge in [0.05, 0.1) is 42.9 Å². The van der Waals surface area contributed by atoms with Crippen LogP contribution in [0.4, 0.5) is 17.6 Å². The van der Waals surface area contributed by atoms with E-state index in [9.17, 15) is 53.1 Å². The van der Waals surface area contributed by atoms with Gasteiger partial charge < -0.3 is 44.9 Å². The number of carbonyl (C=O) groups is 2. The van der Waals surface area contributed by atoms with E-state index in [1.807, 2.05) is 111 Å². The number of aryl methyl sites for hydroxylation is 4. The third-order valence-electron chi connectivity index (χ3n) is 24.5. The van der Waals surface area contributed by atoms with Crippen LogP contribution in [-0.4, -0.2) is 98.4 Å². The molecule has 2 atom stereocenters. The van der Waals surface area contributed by atoms with Crippen LogP contribution in [0.2, 0.25) is 0 Å². The number of hydrogen-bond donors (Lipinski definition) is 0. The van der Waals surface area contributed by atoms with Gasteiger partial charge in [-0.05, 0) is 233 Å². The molecule has 11 aromatic carbocycles. The van der Waals surface area contributed by atoms with E-state index in [1.54, 1.807) is 0 Å². The zero-order valence-electron chi connectivity index (χ0n) is 72.8. The molecule has 2 unspecified atom stereocenters. The zero-order valence-corrected chi connectivity index (χ0v) is 76.9. The normalized spacial score (nSPS) is 18.6. The van der Waals surface area contributed by atoms with Crippen molar-refractivity contribution >= 4 is 54.0 Å². The second-order valence-electron chi connectivity index (χ2n) is 35.3. The maximum atomic E-state index is 13.9. The average Bonchev–Trinajstić information content (AvgIpc) is 0.722. The highest BCUT2D eigenvalue weighted by Gasteiger charge is 2.51. The second kappa shape index (κ2) is 41.3. The lowest BCUT2D eigenvalue weighted by atomic mass is 9.58. The molecule has 0 amide bonds. The van der Waals surface area contributed by atoms with Crippen LogP contribution in [0.25, 0.3) is 0 Å². The highest BCUT2D eigenvalue weighted by atomic mass is 35.5. The van der Waals surface area contributed by atoms with Crippen molar-refractivity contribution in [2.45, 2.75) is 213 Å². The Bertz CT molecular complexity index is 5220. The SMILES string of the molecule is C[N+](C)(C)Cc1ccccc1.Cc1cc([S+](c2ccccc2)c2ccccc2)cc(C)c1OCC(=O)OC1(C)CCCCC1.Cc1cc([S+](c2ccccc2)c2ccccc2)cc(C)c1OCC(=O)OC1(C)CCCCC1.O=S(=O)([O-])C(F)(F)CC1CC2c3ccccc3C1c1ccccc12.O=S(=O)([O-])C(F)(F)CC1CC2c3ccccc3C1c1ccccc12.[Cl-]. The fourth-order valence-electron chi connectivity index (χ4n) is 19.1. The summed E-state index contributed by atoms with van der Waals surface area (Å²) in [4.78, 5) is 32.6. The van der Waals surface area contributed by atoms with E-state index in [2.05, 4.69) is 225 Å². The summed E-state index contributed by atoms with van der Waals surface area (Å²) in [7, 11) is -5.14. The quantitative estimate of drug-likeness (QED) is 0.0206. The highest BCUT2D eigenvalue weighted by Crippen LogP contribution is 2.60. The Morgan fingerprint density at radius 2 is 0.635 bits per heavy atom. The molecule has 126 heavy (non-hydrogen) atoms. The minimum Gasteiger partial charge on any atom is -1.00 e. The molecule has 8 aliphatic rings. The first-order valence-corrected chi connectivity index (χ1v) is 48.3. The minimum absolute atomic E-state index is 0. The summed E-state index contributed by atoms with van der Waals surface area (Å²) in [5, 5.41) is -8.47. The van der Waals surface area contributed by atoms with Crippen molar-refractivity contribution in [1.29, 1.82) is 0 Å². The number of alkyl halides is 4. The second-order valence-corrected chi connectivity index (χ2v) is 42.3. The van der Waals surface area contributed by atoms with Crippen LogP contribution in [0.5, 0.6) is 11.5 Å². The van der Waals surface area contributed by atoms with E-state index in [4.69, 9.17) is 18.9 Å². The number of benzene rings is 11. The van der Waals surface area contributed by atoms with Crippen LogP contribution in [0.1, 0.15) is 200 Å². The molecule has 4 bridgehead atoms. The first-order valence-electron chi connectivity index (χ1n) is 43.0. The fourth-order valence-corrected chi connectivity index (χ4v) is 24.5. The van der Waals surface area contributed by atoms with Gasteiger partial charge in [-0.2, -0.15) is 17.6 Å². The highest BCUT2D eigenvalue weighted by molar-refractivity contribution is 7.97. The molecule has 8 aliphatic carbocycles. The van der Waals surface area contributed by atoms with Crippen molar-refractivity contribution < 1.29 is 88.9 Å². The lowest BCUT2D eigenvalue weighted by Crippen LogP contribution is -3.00. The van der Waals surface area contributed by atoms with Crippen LogP contribution in [-0.2, 0) is 67.6 Å². The van der Waals surface area contributed by atoms with Crippen molar-refractivity contribution in [2.75, 3.05) is 34.4 Å². The molecule has 19 rings (SSSR count). The van der Waals surface area contributed by atoms with Crippen LogP contribution in [0, 0.1) is 39.5 Å². The maximum absolute atomic E-state index is 13.9. The number of ether oxygens (including phenoxy) is 4. The summed E-state index contributed by atoms with van der Waals surface area (Å²) >= 11 is 0. The zero-order chi connectivity index (χ0) is 89.1. The monoisotopic (exact) mass is 1810 g/mol. The average molecular weight is 1810 g/mol. The number of quaternary nitrogens is 1. The number of fused-ring (bicyclic) bond motifs is 2. The molecule has 664 valence electrons. The van der Waals surface area contributed by atoms with Gasteiger partial charge in [-0.25, -0.2) is 26.4 Å². The molecule has 0 heterocycles. The summed E-state index contributed by atoms with van der Waals surface area (Å²) in [5.41, 5.74) is 13.2. The Labute approximate surface area is 753 Å². The number of hydrogen-bond acceptors (Lipinski definition) is 12. The van der Waals surface area contributed by atoms with Crippen molar-refractivity contribution in [3.05, 3.63) is 345 Å². The van der Waals surface area contributed by atoms with Gasteiger partial charge in [-0.1, -0.05) is 213 Å². The van der Waals surface area contributed by atoms with Crippen LogP contribution in [0.15, 0.2) is 302 Å². The predicted octanol–water partition coefficient (Wildman–Crippen LogP) is 20.6. The minimum atomic E-state index is -5.66. The topological polar surface area (TPSA) is 185 Å². The van der Waals surface area contributed by atoms with E-state index in [-0.39, 0.29) is 94.2 Å². The fraction of sp³-hybridized carbons (Fsp3) is 0.346. The van der Waals surface area contributed by atoms with Gasteiger partial charge in [0.15, 0.2) is 62.8 Å². The molecule has 22 heteroatoms. The van der Waals surface area contributed by atoms with E-state index in [0.29, 0.717) is 12.8 Å². The molecule has 2 fully saturated rings. The summed E-state index contributed by atoms with van der Waals surface area (Å²) in [5.74, 6) is -0.813. The van der Waals surface area contributed by atoms with E-state index >= 15 is 0 Å². The van der Waals surface area contributed by atoms with Crippen molar-refractivity contribution in [3.8, 4) is 11.5 Å². The molecule has 0 aromatic heterocycles. The molecule has 2 saturated carbocycles. The predicted molar refractivity (Wildman–Crippen MR) is 484 cm³/mol. The van der Waals surface area contributed by atoms with Gasteiger partial charge in [-0.15, -0.1) is 0 Å². The number of halogens is 5. The maximum Gasteiger partial charge on any atom is 0.344 e. The number of carbonyl (C=O) groups excluding carboxylic acids is 2. The molecule has 13 nitrogen and oxygen atoms in total. The first-order chi connectivity index (χ1) is 59.6. The number of nitrogens with zero attached hydrogens (tertiary/aromatic N) is 1. The molecule has 0 saturated heterocycles. The van der Waals surface area contributed by atoms with Gasteiger partial charge in [0.1, 0.15) is 29.2 Å². The largest absolute Gasteiger partial charge is 1.00 e. The van der Waals surface area contributed by atoms with Crippen LogP contribution >= 0.6 is 0 Å². The van der Waals surface area contributed by atoms with Crippen molar-refractivity contribution in [2.24, 2.45) is 11.8 Å². The summed E-state index contributed by atoms with van der Waals surface area (Å²) < 4.78 is 146. The summed E-state index contributed by atoms with van der Waals surface area (Å²) in [6, 6.07) is 92.6. The standard InChI is InChI=1S/2C29H33O3S.2C18H16F2O3S.C10H16N.ClH/c2*1-22-19-26(33(24-13-7-4-8-14-24)25-15-9-5-10-16-25)20-23(2)28(22)31-21-27(30)32-29(3)17-11-6-12-18-29;2*19-18(20,24(21,22)23)10-11-9-16-12-5-1-3-7-14(12)17(11)15-8-4-2-6-13(15)16;1-11(2,3)9-10-7-5-4-6-8-10;/h2*4-5,7-10,13-16,19-20H,6,11-12,17-18,21H2,1-3H3;2*1-8,11,16-17H,9-10H2,(H,21,22,23);4-8H,9H2,1-3H3;1H/q2*+1;;;+1;/p-3. The third-order valence-corrected chi connectivity index (χ3v) is 30.7. The van der Waals surface area contributed by atoms with Crippen LogP contribution < -0.4 is 21.9 Å². The third kappa shape index (κ3) is 23.3. The summed E-state index contributed by atoms with van der Waals surface area (Å²) in [6.45, 7) is 13.3. The lowest BCUT2D eigenvalue weighted by Gasteiger charge is -2.46. The molecule has 11 aromatic rings. The van der Waals surface area contributed by atoms with Gasteiger partial charge in [0, 0.05) is 66.3 Å². The molecule has 0 aliphatic heterocycles. The molecular formula is C104H112ClF4NO12S4. The Morgan fingerprint density at radius 1 is 0.389 bits per heavy atom. The van der Waals surface area contributed by atoms with Gasteiger partial charge in [0.25, 0.3) is 0 Å². The summed E-state index contributed by atoms with van der Waals surface area (Å²) in [6.07, 6.45) is 9.69. The Kier molecular flexibility index (Phi) is 31.3. The Balaban J connectivity index is 0.000000147. The van der Waals surface area contributed by atoms with E-state index in [0.717, 1.165) is 141 Å².